The molecule has 2 rings (SSSR count). The molecular weight excluding hydrogens is 494 g/mol. The highest BCUT2D eigenvalue weighted by Crippen LogP contribution is 2.40. The summed E-state index contributed by atoms with van der Waals surface area (Å²) in [7, 11) is 0. The van der Waals surface area contributed by atoms with Gasteiger partial charge in [0, 0.05) is 9.35 Å². The molecule has 2 heterocycles. The lowest BCUT2D eigenvalue weighted by Gasteiger charge is -1.90. The van der Waals surface area contributed by atoms with Gasteiger partial charge in [-0.15, -0.1) is 22.7 Å². The Bertz CT molecular complexity index is 433. The largest absolute Gasteiger partial charge is 0.128 e. The topological polar surface area (TPSA) is 0 Å². The van der Waals surface area contributed by atoms with Crippen LogP contribution >= 0.6 is 83.8 Å². The first-order valence-electron chi connectivity index (χ1n) is 3.37. The van der Waals surface area contributed by atoms with Gasteiger partial charge in [0.25, 0.3) is 0 Å². The molecule has 0 N–H and O–H groups in total. The van der Waals surface area contributed by atoms with E-state index in [9.17, 15) is 0 Å². The predicted octanol–water partition coefficient (Wildman–Crippen LogP) is 5.45. The molecule has 0 aliphatic heterocycles. The van der Waals surface area contributed by atoms with Crippen molar-refractivity contribution < 1.29 is 0 Å². The molecule has 0 aliphatic carbocycles. The Balaban J connectivity index is 2.51. The van der Waals surface area contributed by atoms with Crippen molar-refractivity contribution in [2.24, 2.45) is 0 Å². The van der Waals surface area contributed by atoms with Crippen LogP contribution in [0.4, 0.5) is 0 Å². The van der Waals surface area contributed by atoms with Gasteiger partial charge in [-0.25, -0.2) is 0 Å². The maximum Gasteiger partial charge on any atom is 0.0672 e. The number of thiophene rings is 2. The molecule has 0 bridgehead atoms. The SMILES string of the molecule is Brc1cc(I)sc1-c1ccc(I)s1. The van der Waals surface area contributed by atoms with E-state index in [4.69, 9.17) is 0 Å². The van der Waals surface area contributed by atoms with Crippen molar-refractivity contribution in [1.29, 1.82) is 0 Å². The second-order valence-corrected chi connectivity index (χ2v) is 9.11. The lowest BCUT2D eigenvalue weighted by molar-refractivity contribution is 1.83. The van der Waals surface area contributed by atoms with E-state index >= 15 is 0 Å². The molecule has 68 valence electrons. The predicted molar refractivity (Wildman–Crippen MR) is 80.8 cm³/mol. The van der Waals surface area contributed by atoms with Crippen LogP contribution in [0.5, 0.6) is 0 Å². The van der Waals surface area contributed by atoms with Crippen molar-refractivity contribution in [3.05, 3.63) is 28.4 Å². The van der Waals surface area contributed by atoms with Crippen LogP contribution < -0.4 is 0 Å². The van der Waals surface area contributed by atoms with Gasteiger partial charge in [-0.05, 0) is 79.3 Å². The van der Waals surface area contributed by atoms with Gasteiger partial charge in [0.05, 0.1) is 10.6 Å². The molecule has 0 aliphatic rings. The van der Waals surface area contributed by atoms with Crippen LogP contribution in [0.15, 0.2) is 22.7 Å². The molecule has 0 saturated carbocycles. The highest BCUT2D eigenvalue weighted by atomic mass is 127. The van der Waals surface area contributed by atoms with E-state index < -0.39 is 0 Å². The molecule has 0 saturated heterocycles. The smallest absolute Gasteiger partial charge is 0.0672 e. The zero-order valence-corrected chi connectivity index (χ0v) is 13.7. The van der Waals surface area contributed by atoms with Gasteiger partial charge in [0.2, 0.25) is 0 Å². The second-order valence-electron chi connectivity index (χ2n) is 2.33. The zero-order valence-electron chi connectivity index (χ0n) is 6.18. The lowest BCUT2D eigenvalue weighted by atomic mass is 10.4. The summed E-state index contributed by atoms with van der Waals surface area (Å²) < 4.78 is 3.87. The summed E-state index contributed by atoms with van der Waals surface area (Å²) in [6.45, 7) is 0. The minimum Gasteiger partial charge on any atom is -0.128 e. The van der Waals surface area contributed by atoms with E-state index in [1.807, 2.05) is 22.7 Å². The van der Waals surface area contributed by atoms with Crippen molar-refractivity contribution in [1.82, 2.24) is 0 Å². The second kappa shape index (κ2) is 4.46. The highest BCUT2D eigenvalue weighted by molar-refractivity contribution is 14.1. The third kappa shape index (κ3) is 2.47. The average molecular weight is 497 g/mol. The van der Waals surface area contributed by atoms with Crippen molar-refractivity contribution in [2.45, 2.75) is 0 Å². The number of halogens is 3. The van der Waals surface area contributed by atoms with E-state index in [0.717, 1.165) is 0 Å². The van der Waals surface area contributed by atoms with E-state index in [2.05, 4.69) is 79.3 Å². The first-order valence-corrected chi connectivity index (χ1v) is 7.95. The van der Waals surface area contributed by atoms with Gasteiger partial charge in [0.15, 0.2) is 0 Å². The molecule has 0 atom stereocenters. The fourth-order valence-corrected chi connectivity index (χ4v) is 5.84. The van der Waals surface area contributed by atoms with E-state index in [1.54, 1.807) is 0 Å². The van der Waals surface area contributed by atoms with Gasteiger partial charge >= 0.3 is 0 Å². The van der Waals surface area contributed by atoms with Crippen molar-refractivity contribution in [3.63, 3.8) is 0 Å². The van der Waals surface area contributed by atoms with Gasteiger partial charge < -0.3 is 0 Å². The van der Waals surface area contributed by atoms with Gasteiger partial charge in [-0.2, -0.15) is 0 Å². The summed E-state index contributed by atoms with van der Waals surface area (Å²) in [5.41, 5.74) is 0. The van der Waals surface area contributed by atoms with Crippen LogP contribution in [-0.4, -0.2) is 0 Å². The standard InChI is InChI=1S/C8H3BrI2S2/c9-4-3-7(11)13-8(4)5-1-2-6(10)12-5/h1-3H. The van der Waals surface area contributed by atoms with E-state index in [-0.39, 0.29) is 0 Å². The van der Waals surface area contributed by atoms with Gasteiger partial charge in [0.1, 0.15) is 0 Å². The van der Waals surface area contributed by atoms with Crippen LogP contribution in [0.25, 0.3) is 9.75 Å². The molecule has 0 unspecified atom stereocenters. The van der Waals surface area contributed by atoms with Crippen LogP contribution in [-0.2, 0) is 0 Å². The highest BCUT2D eigenvalue weighted by Gasteiger charge is 2.09. The summed E-state index contributed by atoms with van der Waals surface area (Å²) in [4.78, 5) is 2.70. The first-order chi connectivity index (χ1) is 6.16. The molecule has 0 radical (unpaired) electrons. The first kappa shape index (κ1) is 10.8. The maximum absolute atomic E-state index is 3.57. The third-order valence-corrected chi connectivity index (χ3v) is 6.31. The summed E-state index contributed by atoms with van der Waals surface area (Å²) in [5, 5.41) is 0. The molecule has 0 aromatic carbocycles. The lowest BCUT2D eigenvalue weighted by Crippen LogP contribution is -1.60. The van der Waals surface area contributed by atoms with E-state index in [1.165, 1.54) is 20.0 Å². The quantitative estimate of drug-likeness (QED) is 0.461. The summed E-state index contributed by atoms with van der Waals surface area (Å²) in [5.74, 6) is 0. The molecule has 2 aromatic rings. The van der Waals surface area contributed by atoms with Crippen molar-refractivity contribution in [3.8, 4) is 9.75 Å². The molecule has 0 fully saturated rings. The Kier molecular flexibility index (Phi) is 3.72. The van der Waals surface area contributed by atoms with Crippen LogP contribution in [0.2, 0.25) is 0 Å². The fourth-order valence-electron chi connectivity index (χ4n) is 0.945. The van der Waals surface area contributed by atoms with Crippen LogP contribution in [0, 0.1) is 5.77 Å². The summed E-state index contributed by atoms with van der Waals surface area (Å²) in [6, 6.07) is 6.49. The Labute approximate surface area is 120 Å². The molecular formula is C8H3BrI2S2. The third-order valence-electron chi connectivity index (χ3n) is 1.45. The monoisotopic (exact) mass is 496 g/mol. The maximum atomic E-state index is 3.57. The molecule has 13 heavy (non-hydrogen) atoms. The Morgan fingerprint density at radius 1 is 1.08 bits per heavy atom. The molecule has 0 spiro atoms. The fraction of sp³-hybridized carbons (Fsp3) is 0. The average Bonchev–Trinajstić information content (AvgIpc) is 2.58. The minimum atomic E-state index is 1.21. The number of hydrogen-bond acceptors (Lipinski definition) is 2. The van der Waals surface area contributed by atoms with Crippen molar-refractivity contribution >= 4 is 83.8 Å². The zero-order chi connectivity index (χ0) is 9.42. The molecule has 0 amide bonds. The number of rotatable bonds is 1. The van der Waals surface area contributed by atoms with Crippen LogP contribution in [0.1, 0.15) is 0 Å². The van der Waals surface area contributed by atoms with Gasteiger partial charge in [-0.3, -0.25) is 0 Å². The molecule has 5 heteroatoms. The van der Waals surface area contributed by atoms with Gasteiger partial charge in [-0.1, -0.05) is 0 Å². The Hall–Kier alpha value is 1.34. The normalized spacial score (nSPS) is 10.7. The summed E-state index contributed by atoms with van der Waals surface area (Å²) in [6.07, 6.45) is 0. The van der Waals surface area contributed by atoms with Crippen LogP contribution in [0.3, 0.4) is 0 Å². The van der Waals surface area contributed by atoms with E-state index in [0.29, 0.717) is 0 Å². The summed E-state index contributed by atoms with van der Waals surface area (Å²) >= 11 is 11.9. The number of hydrogen-bond donors (Lipinski definition) is 0. The minimum absolute atomic E-state index is 1.21. The van der Waals surface area contributed by atoms with Crippen molar-refractivity contribution in [2.75, 3.05) is 0 Å². The molecule has 0 nitrogen and oxygen atoms in total. The Morgan fingerprint density at radius 2 is 1.85 bits per heavy atom. The molecule has 2 aromatic heterocycles. The Morgan fingerprint density at radius 3 is 2.31 bits per heavy atom.